The zero-order valence-electron chi connectivity index (χ0n) is 17.5. The van der Waals surface area contributed by atoms with Crippen molar-refractivity contribution in [1.82, 2.24) is 0 Å². The molecule has 0 bridgehead atoms. The molecule has 0 saturated carbocycles. The number of phenolic OH excluding ortho intramolecular Hbond substituents is 3. The average molecular weight is 426 g/mol. The van der Waals surface area contributed by atoms with Crippen molar-refractivity contribution in [1.29, 1.82) is 0 Å². The molecular weight excluding hydrogens is 404 g/mol. The number of phenols is 3. The Morgan fingerprint density at radius 3 is 2.45 bits per heavy atom. The van der Waals surface area contributed by atoms with E-state index in [9.17, 15) is 24.9 Å². The van der Waals surface area contributed by atoms with Gasteiger partial charge in [0.25, 0.3) is 0 Å². The molecule has 1 atom stereocenters. The number of fused-ring (bicyclic) bond motifs is 2. The van der Waals surface area contributed by atoms with Crippen LogP contribution in [0.3, 0.4) is 0 Å². The third-order valence-electron chi connectivity index (χ3n) is 5.66. The molecular formula is C23H22O8. The SMILES string of the molecule is COc1cc2oc(C)cc(=O)c2c(O)c1Cc1c(O)c(C)c(O)c2c1CC(C)OC2=O. The number of rotatable bonds is 3. The second-order valence-corrected chi connectivity index (χ2v) is 7.75. The summed E-state index contributed by atoms with van der Waals surface area (Å²) < 4.78 is 16.2. The van der Waals surface area contributed by atoms with Gasteiger partial charge in [-0.3, -0.25) is 4.79 Å². The second kappa shape index (κ2) is 7.23. The zero-order chi connectivity index (χ0) is 22.6. The van der Waals surface area contributed by atoms with Crippen molar-refractivity contribution in [2.45, 2.75) is 39.7 Å². The number of carbonyl (C=O) groups excluding carboxylic acids is 1. The minimum atomic E-state index is -0.679. The fourth-order valence-electron chi connectivity index (χ4n) is 4.14. The highest BCUT2D eigenvalue weighted by Crippen LogP contribution is 2.44. The van der Waals surface area contributed by atoms with E-state index in [0.29, 0.717) is 16.9 Å². The Morgan fingerprint density at radius 2 is 1.77 bits per heavy atom. The van der Waals surface area contributed by atoms with Gasteiger partial charge in [-0.05, 0) is 26.3 Å². The number of ether oxygens (including phenoxy) is 2. The first kappa shape index (κ1) is 20.6. The Morgan fingerprint density at radius 1 is 1.06 bits per heavy atom. The Bertz CT molecular complexity index is 1300. The minimum absolute atomic E-state index is 0.00182. The molecule has 3 aromatic rings. The van der Waals surface area contributed by atoms with Crippen molar-refractivity contribution in [3.8, 4) is 23.0 Å². The standard InChI is InChI=1S/C23H22O8/c1-9-5-12-13(20(25)11(3)21(26)18(12)23(28)31-9)7-14-16(29-4)8-17-19(22(14)27)15(24)6-10(2)30-17/h6,8-9,25-27H,5,7H2,1-4H3. The number of aromatic hydroxyl groups is 3. The van der Waals surface area contributed by atoms with Crippen LogP contribution in [0, 0.1) is 13.8 Å². The Kier molecular flexibility index (Phi) is 4.80. The van der Waals surface area contributed by atoms with E-state index in [1.54, 1.807) is 13.8 Å². The van der Waals surface area contributed by atoms with Crippen LogP contribution in [0.1, 0.15) is 45.3 Å². The van der Waals surface area contributed by atoms with E-state index in [-0.39, 0.29) is 63.5 Å². The monoisotopic (exact) mass is 426 g/mol. The molecule has 1 unspecified atom stereocenters. The van der Waals surface area contributed by atoms with Crippen molar-refractivity contribution in [3.63, 3.8) is 0 Å². The van der Waals surface area contributed by atoms with Crippen LogP contribution < -0.4 is 10.2 Å². The van der Waals surface area contributed by atoms with E-state index in [1.165, 1.54) is 26.2 Å². The fraction of sp³-hybridized carbons (Fsp3) is 0.304. The number of hydrogen-bond donors (Lipinski definition) is 3. The molecule has 4 rings (SSSR count). The van der Waals surface area contributed by atoms with E-state index in [1.807, 2.05) is 0 Å². The number of aryl methyl sites for hydroxylation is 1. The van der Waals surface area contributed by atoms with E-state index >= 15 is 0 Å². The first-order chi connectivity index (χ1) is 14.6. The third-order valence-corrected chi connectivity index (χ3v) is 5.66. The van der Waals surface area contributed by atoms with Crippen molar-refractivity contribution < 1.29 is 34.0 Å². The molecule has 8 nitrogen and oxygen atoms in total. The third kappa shape index (κ3) is 3.15. The molecule has 0 amide bonds. The van der Waals surface area contributed by atoms with Crippen LogP contribution in [0.5, 0.6) is 23.0 Å². The molecule has 0 spiro atoms. The molecule has 1 aliphatic rings. The van der Waals surface area contributed by atoms with Gasteiger partial charge in [0.1, 0.15) is 51.4 Å². The molecule has 0 radical (unpaired) electrons. The first-order valence-corrected chi connectivity index (χ1v) is 9.74. The summed E-state index contributed by atoms with van der Waals surface area (Å²) >= 11 is 0. The molecule has 2 aromatic carbocycles. The van der Waals surface area contributed by atoms with Gasteiger partial charge in [-0.15, -0.1) is 0 Å². The Labute approximate surface area is 177 Å². The highest BCUT2D eigenvalue weighted by Gasteiger charge is 2.33. The topological polar surface area (TPSA) is 126 Å². The molecule has 31 heavy (non-hydrogen) atoms. The van der Waals surface area contributed by atoms with Crippen molar-refractivity contribution >= 4 is 16.9 Å². The highest BCUT2D eigenvalue weighted by molar-refractivity contribution is 5.97. The number of methoxy groups -OCH3 is 1. The predicted molar refractivity (Wildman–Crippen MR) is 111 cm³/mol. The lowest BCUT2D eigenvalue weighted by atomic mass is 9.86. The zero-order valence-corrected chi connectivity index (χ0v) is 17.5. The molecule has 0 fully saturated rings. The summed E-state index contributed by atoms with van der Waals surface area (Å²) in [7, 11) is 1.41. The van der Waals surface area contributed by atoms with Gasteiger partial charge in [0.2, 0.25) is 0 Å². The van der Waals surface area contributed by atoms with E-state index in [2.05, 4.69) is 0 Å². The fourth-order valence-corrected chi connectivity index (χ4v) is 4.14. The summed E-state index contributed by atoms with van der Waals surface area (Å²) in [5, 5.41) is 32.2. The number of cyclic esters (lactones) is 1. The number of hydrogen-bond acceptors (Lipinski definition) is 8. The van der Waals surface area contributed by atoms with Crippen LogP contribution in [0.4, 0.5) is 0 Å². The largest absolute Gasteiger partial charge is 0.507 e. The highest BCUT2D eigenvalue weighted by atomic mass is 16.5. The molecule has 1 aliphatic heterocycles. The smallest absolute Gasteiger partial charge is 0.342 e. The lowest BCUT2D eigenvalue weighted by Crippen LogP contribution is -2.27. The number of carbonyl (C=O) groups is 1. The summed E-state index contributed by atoms with van der Waals surface area (Å²) in [6.45, 7) is 4.82. The van der Waals surface area contributed by atoms with Gasteiger partial charge in [0, 0.05) is 41.7 Å². The van der Waals surface area contributed by atoms with Gasteiger partial charge in [-0.2, -0.15) is 0 Å². The first-order valence-electron chi connectivity index (χ1n) is 9.74. The van der Waals surface area contributed by atoms with Gasteiger partial charge >= 0.3 is 5.97 Å². The van der Waals surface area contributed by atoms with Crippen LogP contribution in [0.2, 0.25) is 0 Å². The molecule has 1 aromatic heterocycles. The van der Waals surface area contributed by atoms with E-state index in [4.69, 9.17) is 13.9 Å². The van der Waals surface area contributed by atoms with E-state index in [0.717, 1.165) is 0 Å². The van der Waals surface area contributed by atoms with Gasteiger partial charge in [0.15, 0.2) is 5.43 Å². The summed E-state index contributed by atoms with van der Waals surface area (Å²) in [5.74, 6) is -0.895. The number of benzene rings is 2. The summed E-state index contributed by atoms with van der Waals surface area (Å²) in [6, 6.07) is 2.78. The number of esters is 1. The van der Waals surface area contributed by atoms with Crippen LogP contribution in [0.25, 0.3) is 11.0 Å². The maximum atomic E-state index is 12.5. The minimum Gasteiger partial charge on any atom is -0.507 e. The van der Waals surface area contributed by atoms with Crippen molar-refractivity contribution in [2.75, 3.05) is 7.11 Å². The average Bonchev–Trinajstić information content (AvgIpc) is 2.69. The Hall–Kier alpha value is -3.68. The van der Waals surface area contributed by atoms with Gasteiger partial charge in [0.05, 0.1) is 7.11 Å². The maximum absolute atomic E-state index is 12.5. The lowest BCUT2D eigenvalue weighted by molar-refractivity contribution is 0.0295. The maximum Gasteiger partial charge on any atom is 0.342 e. The lowest BCUT2D eigenvalue weighted by Gasteiger charge is -2.27. The van der Waals surface area contributed by atoms with Gasteiger partial charge in [-0.1, -0.05) is 0 Å². The van der Waals surface area contributed by atoms with Crippen LogP contribution in [-0.2, 0) is 17.6 Å². The second-order valence-electron chi connectivity index (χ2n) is 7.75. The molecule has 3 N–H and O–H groups in total. The molecule has 0 saturated heterocycles. The van der Waals surface area contributed by atoms with Gasteiger partial charge in [-0.25, -0.2) is 4.79 Å². The van der Waals surface area contributed by atoms with Crippen molar-refractivity contribution in [2.24, 2.45) is 0 Å². The normalized spacial score (nSPS) is 15.6. The Balaban J connectivity index is 2.00. The summed E-state index contributed by atoms with van der Waals surface area (Å²) in [6.07, 6.45) is -0.231. The molecule has 2 heterocycles. The molecule has 8 heteroatoms. The van der Waals surface area contributed by atoms with E-state index < -0.39 is 17.5 Å². The molecule has 0 aliphatic carbocycles. The van der Waals surface area contributed by atoms with Crippen LogP contribution >= 0.6 is 0 Å². The predicted octanol–water partition coefficient (Wildman–Crippen LogP) is 3.23. The van der Waals surface area contributed by atoms with Crippen molar-refractivity contribution in [3.05, 3.63) is 55.9 Å². The van der Waals surface area contributed by atoms with Crippen LogP contribution in [0.15, 0.2) is 21.3 Å². The summed E-state index contributed by atoms with van der Waals surface area (Å²) in [4.78, 5) is 24.9. The van der Waals surface area contributed by atoms with Crippen LogP contribution in [-0.4, -0.2) is 34.5 Å². The summed E-state index contributed by atoms with van der Waals surface area (Å²) in [5.41, 5.74) is 0.909. The quantitative estimate of drug-likeness (QED) is 0.545. The van der Waals surface area contributed by atoms with Gasteiger partial charge < -0.3 is 29.2 Å². The molecule has 162 valence electrons.